The van der Waals surface area contributed by atoms with Gasteiger partial charge in [0, 0.05) is 31.9 Å². The summed E-state index contributed by atoms with van der Waals surface area (Å²) in [6.45, 7) is 12.6. The summed E-state index contributed by atoms with van der Waals surface area (Å²) in [5.41, 5.74) is 2.63. The van der Waals surface area contributed by atoms with E-state index in [2.05, 4.69) is 62.9 Å². The zero-order valence-electron chi connectivity index (χ0n) is 12.0. The lowest BCUT2D eigenvalue weighted by Crippen LogP contribution is -2.35. The predicted molar refractivity (Wildman–Crippen MR) is 74.5 cm³/mol. The van der Waals surface area contributed by atoms with Gasteiger partial charge in [-0.2, -0.15) is 0 Å². The number of pyridine rings is 1. The Kier molecular flexibility index (Phi) is 4.52. The molecule has 1 heterocycles. The molecule has 96 valence electrons. The molecule has 0 amide bonds. The molecular weight excluding hydrogens is 210 g/mol. The highest BCUT2D eigenvalue weighted by Crippen LogP contribution is 2.16. The number of aryl methyl sites for hydroxylation is 1. The van der Waals surface area contributed by atoms with Crippen molar-refractivity contribution in [1.29, 1.82) is 0 Å². The Labute approximate surface area is 105 Å². The molecule has 0 aliphatic heterocycles. The first-order valence-electron chi connectivity index (χ1n) is 6.25. The molecule has 0 bridgehead atoms. The lowest BCUT2D eigenvalue weighted by atomic mass is 10.1. The van der Waals surface area contributed by atoms with Crippen LogP contribution < -0.4 is 10.2 Å². The van der Waals surface area contributed by atoms with E-state index in [9.17, 15) is 0 Å². The van der Waals surface area contributed by atoms with E-state index in [0.29, 0.717) is 0 Å². The first kappa shape index (κ1) is 14.0. The SMILES string of the molecule is CCN(C)c1ncc(CNC(C)(C)C)cc1C. The number of rotatable bonds is 4. The molecule has 3 nitrogen and oxygen atoms in total. The fraction of sp³-hybridized carbons (Fsp3) is 0.643. The summed E-state index contributed by atoms with van der Waals surface area (Å²) in [5.74, 6) is 1.08. The second-order valence-corrected chi connectivity index (χ2v) is 5.60. The average Bonchev–Trinajstić information content (AvgIpc) is 2.24. The molecule has 0 radical (unpaired) electrons. The van der Waals surface area contributed by atoms with Crippen LogP contribution in [0.2, 0.25) is 0 Å². The van der Waals surface area contributed by atoms with E-state index in [1.165, 1.54) is 11.1 Å². The average molecular weight is 235 g/mol. The van der Waals surface area contributed by atoms with Gasteiger partial charge >= 0.3 is 0 Å². The highest BCUT2D eigenvalue weighted by Gasteiger charge is 2.10. The molecule has 0 aliphatic carbocycles. The summed E-state index contributed by atoms with van der Waals surface area (Å²) in [4.78, 5) is 6.70. The number of anilines is 1. The van der Waals surface area contributed by atoms with Gasteiger partial charge in [0.1, 0.15) is 5.82 Å². The van der Waals surface area contributed by atoms with Gasteiger partial charge in [0.05, 0.1) is 0 Å². The van der Waals surface area contributed by atoms with Crippen molar-refractivity contribution in [2.24, 2.45) is 0 Å². The molecule has 0 saturated heterocycles. The number of hydrogen-bond acceptors (Lipinski definition) is 3. The molecule has 0 fully saturated rings. The van der Waals surface area contributed by atoms with Crippen LogP contribution in [0.3, 0.4) is 0 Å². The third-order valence-electron chi connectivity index (χ3n) is 2.77. The minimum absolute atomic E-state index is 0.146. The maximum Gasteiger partial charge on any atom is 0.131 e. The van der Waals surface area contributed by atoms with Gasteiger partial charge in [-0.3, -0.25) is 0 Å². The quantitative estimate of drug-likeness (QED) is 0.869. The number of nitrogens with one attached hydrogen (secondary N) is 1. The van der Waals surface area contributed by atoms with E-state index in [1.807, 2.05) is 6.20 Å². The molecule has 0 saturated carbocycles. The molecular formula is C14H25N3. The van der Waals surface area contributed by atoms with Crippen LogP contribution in [-0.2, 0) is 6.54 Å². The van der Waals surface area contributed by atoms with Crippen LogP contribution >= 0.6 is 0 Å². The maximum atomic E-state index is 4.54. The number of aromatic nitrogens is 1. The van der Waals surface area contributed by atoms with Gasteiger partial charge in [0.25, 0.3) is 0 Å². The summed E-state index contributed by atoms with van der Waals surface area (Å²) in [6, 6.07) is 2.22. The Morgan fingerprint density at radius 1 is 1.35 bits per heavy atom. The van der Waals surface area contributed by atoms with Crippen LogP contribution in [0.15, 0.2) is 12.3 Å². The monoisotopic (exact) mass is 235 g/mol. The maximum absolute atomic E-state index is 4.54. The lowest BCUT2D eigenvalue weighted by Gasteiger charge is -2.22. The smallest absolute Gasteiger partial charge is 0.131 e. The summed E-state index contributed by atoms with van der Waals surface area (Å²) < 4.78 is 0. The molecule has 1 N–H and O–H groups in total. The van der Waals surface area contributed by atoms with Crippen molar-refractivity contribution in [1.82, 2.24) is 10.3 Å². The molecule has 1 rings (SSSR count). The van der Waals surface area contributed by atoms with Crippen LogP contribution in [0.4, 0.5) is 5.82 Å². The Hall–Kier alpha value is -1.09. The second kappa shape index (κ2) is 5.50. The van der Waals surface area contributed by atoms with Crippen LogP contribution in [-0.4, -0.2) is 24.1 Å². The molecule has 0 unspecified atom stereocenters. The molecule has 17 heavy (non-hydrogen) atoms. The molecule has 0 aromatic carbocycles. The van der Waals surface area contributed by atoms with E-state index in [1.54, 1.807) is 0 Å². The van der Waals surface area contributed by atoms with E-state index in [0.717, 1.165) is 18.9 Å². The van der Waals surface area contributed by atoms with Crippen LogP contribution in [0.5, 0.6) is 0 Å². The summed E-state index contributed by atoms with van der Waals surface area (Å²) in [7, 11) is 2.07. The minimum atomic E-state index is 0.146. The first-order valence-corrected chi connectivity index (χ1v) is 6.25. The molecule has 1 aromatic heterocycles. The zero-order chi connectivity index (χ0) is 13.1. The fourth-order valence-corrected chi connectivity index (χ4v) is 1.64. The van der Waals surface area contributed by atoms with Gasteiger partial charge < -0.3 is 10.2 Å². The van der Waals surface area contributed by atoms with Crippen molar-refractivity contribution < 1.29 is 0 Å². The van der Waals surface area contributed by atoms with Crippen LogP contribution in [0.1, 0.15) is 38.8 Å². The standard InChI is InChI=1S/C14H25N3/c1-7-17(6)13-11(2)8-12(9-15-13)10-16-14(3,4)5/h8-9,16H,7,10H2,1-6H3. The summed E-state index contributed by atoms with van der Waals surface area (Å²) >= 11 is 0. The van der Waals surface area contributed by atoms with E-state index in [4.69, 9.17) is 0 Å². The first-order chi connectivity index (χ1) is 7.83. The highest BCUT2D eigenvalue weighted by molar-refractivity contribution is 5.46. The third kappa shape index (κ3) is 4.35. The number of hydrogen-bond donors (Lipinski definition) is 1. The van der Waals surface area contributed by atoms with Gasteiger partial charge in [-0.15, -0.1) is 0 Å². The van der Waals surface area contributed by atoms with Gasteiger partial charge in [0.15, 0.2) is 0 Å². The van der Waals surface area contributed by atoms with Crippen molar-refractivity contribution in [3.8, 4) is 0 Å². The Morgan fingerprint density at radius 2 is 2.00 bits per heavy atom. The highest BCUT2D eigenvalue weighted by atomic mass is 15.2. The summed E-state index contributed by atoms with van der Waals surface area (Å²) in [6.07, 6.45) is 1.97. The van der Waals surface area contributed by atoms with Crippen LogP contribution in [0.25, 0.3) is 0 Å². The van der Waals surface area contributed by atoms with Crippen molar-refractivity contribution in [2.45, 2.75) is 46.7 Å². The predicted octanol–water partition coefficient (Wildman–Crippen LogP) is 2.73. The van der Waals surface area contributed by atoms with E-state index < -0.39 is 0 Å². The van der Waals surface area contributed by atoms with Crippen molar-refractivity contribution in [3.05, 3.63) is 23.4 Å². The zero-order valence-corrected chi connectivity index (χ0v) is 12.0. The largest absolute Gasteiger partial charge is 0.360 e. The molecule has 3 heteroatoms. The Bertz CT molecular complexity index is 366. The molecule has 1 aromatic rings. The Morgan fingerprint density at radius 3 is 2.47 bits per heavy atom. The topological polar surface area (TPSA) is 28.2 Å². The number of nitrogens with zero attached hydrogens (tertiary/aromatic N) is 2. The van der Waals surface area contributed by atoms with Gasteiger partial charge in [0.2, 0.25) is 0 Å². The van der Waals surface area contributed by atoms with E-state index >= 15 is 0 Å². The summed E-state index contributed by atoms with van der Waals surface area (Å²) in [5, 5.41) is 3.47. The molecule has 0 atom stereocenters. The van der Waals surface area contributed by atoms with Crippen molar-refractivity contribution in [3.63, 3.8) is 0 Å². The van der Waals surface area contributed by atoms with Gasteiger partial charge in [-0.25, -0.2) is 4.98 Å². The minimum Gasteiger partial charge on any atom is -0.360 e. The van der Waals surface area contributed by atoms with E-state index in [-0.39, 0.29) is 5.54 Å². The molecule has 0 aliphatic rings. The molecule has 0 spiro atoms. The Balaban J connectivity index is 2.75. The van der Waals surface area contributed by atoms with Crippen molar-refractivity contribution in [2.75, 3.05) is 18.5 Å². The normalized spacial score (nSPS) is 11.6. The van der Waals surface area contributed by atoms with Crippen molar-refractivity contribution >= 4 is 5.82 Å². The third-order valence-corrected chi connectivity index (χ3v) is 2.77. The lowest BCUT2D eigenvalue weighted by molar-refractivity contribution is 0.424. The van der Waals surface area contributed by atoms with Crippen LogP contribution in [0, 0.1) is 6.92 Å². The van der Waals surface area contributed by atoms with Gasteiger partial charge in [-0.1, -0.05) is 0 Å². The fourth-order valence-electron chi connectivity index (χ4n) is 1.64. The second-order valence-electron chi connectivity index (χ2n) is 5.60. The van der Waals surface area contributed by atoms with Gasteiger partial charge in [-0.05, 0) is 51.8 Å².